The Balaban J connectivity index is 0.000000704. The lowest BCUT2D eigenvalue weighted by Gasteiger charge is -2.05. The summed E-state index contributed by atoms with van der Waals surface area (Å²) in [6, 6.07) is 0. The fourth-order valence-corrected chi connectivity index (χ4v) is 10.8. The molecule has 10 rings (SSSR count). The van der Waals surface area contributed by atoms with Gasteiger partial charge in [0.2, 0.25) is 0 Å². The summed E-state index contributed by atoms with van der Waals surface area (Å²) in [4.78, 5) is 9.82. The first-order valence-electron chi connectivity index (χ1n) is 31.9. The maximum absolute atomic E-state index is 9.82. The molecule has 66 heavy (non-hydrogen) atoms. The Labute approximate surface area is 419 Å². The van der Waals surface area contributed by atoms with E-state index in [1.807, 2.05) is 0 Å². The molecule has 10 aliphatic rings. The third-order valence-corrected chi connectivity index (χ3v) is 15.3. The highest BCUT2D eigenvalue weighted by Crippen LogP contribution is 2.20. The van der Waals surface area contributed by atoms with Crippen LogP contribution in [0.1, 0.15) is 399 Å². The highest BCUT2D eigenvalue weighted by molar-refractivity contribution is 5.65. The first-order valence-corrected chi connectivity index (χ1v) is 31.9. The molecular weight excluding hydrogens is 801 g/mol. The van der Waals surface area contributed by atoms with Crippen LogP contribution in [0.3, 0.4) is 0 Å². The molecule has 0 aliphatic heterocycles. The van der Waals surface area contributed by atoms with Crippen molar-refractivity contribution in [3.63, 3.8) is 0 Å². The van der Waals surface area contributed by atoms with Gasteiger partial charge in [0.1, 0.15) is 0 Å². The van der Waals surface area contributed by atoms with Crippen molar-refractivity contribution >= 4 is 5.97 Å². The molecule has 396 valence electrons. The Morgan fingerprint density at radius 3 is 0.273 bits per heavy atom. The van der Waals surface area contributed by atoms with Crippen LogP contribution < -0.4 is 0 Å². The average molecular weight is 930 g/mol. The van der Waals surface area contributed by atoms with E-state index >= 15 is 0 Å². The van der Waals surface area contributed by atoms with E-state index in [1.165, 1.54) is 392 Å². The number of hydrogen-bond acceptors (Lipinski definition) is 2. The molecule has 0 unspecified atom stereocenters. The van der Waals surface area contributed by atoms with Crippen molar-refractivity contribution in [2.24, 2.45) is 0 Å². The molecule has 10 fully saturated rings. The number of carbonyl (C=O) groups excluding carboxylic acids is 1. The maximum Gasteiger partial charge on any atom is 0.302 e. The number of esters is 1. The van der Waals surface area contributed by atoms with Crippen molar-refractivity contribution < 1.29 is 9.53 Å². The zero-order valence-corrected chi connectivity index (χ0v) is 46.5. The van der Waals surface area contributed by atoms with Gasteiger partial charge in [0.25, 0.3) is 0 Å². The van der Waals surface area contributed by atoms with Crippen LogP contribution in [0.2, 0.25) is 0 Å². The lowest BCUT2D eigenvalue weighted by molar-refractivity contribution is -0.140. The Kier molecular flexibility index (Phi) is 62.0. The molecule has 0 aromatic heterocycles. The van der Waals surface area contributed by atoms with Crippen LogP contribution in [0, 0.1) is 0 Å². The van der Waals surface area contributed by atoms with Crippen LogP contribution in [0.4, 0.5) is 0 Å². The Morgan fingerprint density at radius 1 is 0.197 bits per heavy atom. The van der Waals surface area contributed by atoms with Crippen LogP contribution in [0.15, 0.2) is 0 Å². The lowest BCUT2D eigenvalue weighted by Crippen LogP contribution is -1.95. The number of rotatable bonds is 1. The average Bonchev–Trinajstić information content (AvgIpc) is 3.45. The van der Waals surface area contributed by atoms with Crippen LogP contribution in [-0.4, -0.2) is 12.6 Å². The summed E-state index contributed by atoms with van der Waals surface area (Å²) in [5, 5.41) is 0. The minimum absolute atomic E-state index is 0.211. The Hall–Kier alpha value is -0.530. The predicted octanol–water partition coefficient (Wildman–Crippen LogP) is 24.0. The van der Waals surface area contributed by atoms with Gasteiger partial charge < -0.3 is 4.74 Å². The quantitative estimate of drug-likeness (QED) is 0.245. The minimum Gasteiger partial charge on any atom is -0.466 e. The van der Waals surface area contributed by atoms with Gasteiger partial charge in [-0.2, -0.15) is 0 Å². The molecule has 2 nitrogen and oxygen atoms in total. The van der Waals surface area contributed by atoms with Crippen molar-refractivity contribution in [3.05, 3.63) is 0 Å². The number of ether oxygens (including phenoxy) is 1. The first kappa shape index (κ1) is 65.5. The van der Waals surface area contributed by atoms with Crippen molar-refractivity contribution in [1.82, 2.24) is 0 Å². The van der Waals surface area contributed by atoms with Gasteiger partial charge in [-0.3, -0.25) is 4.79 Å². The van der Waals surface area contributed by atoms with E-state index in [1.54, 1.807) is 6.92 Å². The van der Waals surface area contributed by atoms with E-state index in [0.717, 1.165) is 0 Å². The molecule has 10 saturated carbocycles. The summed E-state index contributed by atoms with van der Waals surface area (Å²) in [5.41, 5.74) is 0. The van der Waals surface area contributed by atoms with E-state index in [9.17, 15) is 4.79 Å². The first-order chi connectivity index (χ1) is 32.8. The zero-order valence-electron chi connectivity index (χ0n) is 46.5. The molecule has 0 saturated heterocycles. The van der Waals surface area contributed by atoms with E-state index in [-0.39, 0.29) is 5.97 Å². The minimum atomic E-state index is -0.211. The molecule has 0 bridgehead atoms. The summed E-state index contributed by atoms with van der Waals surface area (Å²) in [6.07, 6.45) is 90.0. The summed E-state index contributed by atoms with van der Waals surface area (Å²) in [5.74, 6) is -0.211. The smallest absolute Gasteiger partial charge is 0.302 e. The topological polar surface area (TPSA) is 26.3 Å². The highest BCUT2D eigenvalue weighted by Gasteiger charge is 2.01. The SMILES string of the molecule is C1CCCCC1.C1CCCCC1.C1CCCCC1.C1CCCCC1.C1CCCCC1.C1CCCCC1.C1CCCCC1.C1CCCCC1.C1CCCCC1.C1CCCCC1.CCOC(C)=O. The third-order valence-electron chi connectivity index (χ3n) is 15.3. The Bertz CT molecular complexity index is 482. The standard InChI is InChI=1S/10C6H12.C4H8O2/c10*1-2-4-6-5-3-1;1-3-6-4(2)5/h10*1-6H2;3H2,1-2H3. The Morgan fingerprint density at radius 2 is 0.258 bits per heavy atom. The van der Waals surface area contributed by atoms with Gasteiger partial charge in [-0.1, -0.05) is 385 Å². The summed E-state index contributed by atoms with van der Waals surface area (Å²) >= 11 is 0. The van der Waals surface area contributed by atoms with Crippen LogP contribution >= 0.6 is 0 Å². The lowest BCUT2D eigenvalue weighted by atomic mass is 10.0. The van der Waals surface area contributed by atoms with Crippen molar-refractivity contribution in [2.45, 2.75) is 399 Å². The normalized spacial score (nSPS) is 22.5. The van der Waals surface area contributed by atoms with Crippen molar-refractivity contribution in [3.8, 4) is 0 Å². The molecule has 0 heterocycles. The monoisotopic (exact) mass is 929 g/mol. The van der Waals surface area contributed by atoms with Gasteiger partial charge in [0.05, 0.1) is 6.61 Å². The summed E-state index contributed by atoms with van der Waals surface area (Å²) < 4.78 is 4.40. The van der Waals surface area contributed by atoms with E-state index in [0.29, 0.717) is 6.61 Å². The second-order valence-electron chi connectivity index (χ2n) is 22.1. The molecule has 0 spiro atoms. The van der Waals surface area contributed by atoms with Gasteiger partial charge in [-0.05, 0) is 6.92 Å². The summed E-state index contributed by atoms with van der Waals surface area (Å²) in [6.45, 7) is 3.65. The van der Waals surface area contributed by atoms with E-state index in [2.05, 4.69) is 4.74 Å². The largest absolute Gasteiger partial charge is 0.466 e. The zero-order chi connectivity index (χ0) is 47.4. The second-order valence-corrected chi connectivity index (χ2v) is 22.1. The van der Waals surface area contributed by atoms with E-state index in [4.69, 9.17) is 0 Å². The molecule has 2 heteroatoms. The molecule has 10 aliphatic carbocycles. The summed E-state index contributed by atoms with van der Waals surface area (Å²) in [7, 11) is 0. The fourth-order valence-electron chi connectivity index (χ4n) is 10.8. The molecule has 0 radical (unpaired) electrons. The van der Waals surface area contributed by atoms with Crippen molar-refractivity contribution in [2.75, 3.05) is 6.61 Å². The predicted molar refractivity (Wildman–Crippen MR) is 299 cm³/mol. The van der Waals surface area contributed by atoms with Crippen molar-refractivity contribution in [1.29, 1.82) is 0 Å². The molecule has 0 aromatic carbocycles. The van der Waals surface area contributed by atoms with Gasteiger partial charge in [0.15, 0.2) is 0 Å². The molecule has 0 atom stereocenters. The molecule has 0 amide bonds. The van der Waals surface area contributed by atoms with E-state index < -0.39 is 0 Å². The molecule has 0 aromatic rings. The van der Waals surface area contributed by atoms with Gasteiger partial charge in [-0.25, -0.2) is 0 Å². The van der Waals surface area contributed by atoms with Crippen LogP contribution in [-0.2, 0) is 9.53 Å². The maximum atomic E-state index is 9.82. The number of hydrogen-bond donors (Lipinski definition) is 0. The van der Waals surface area contributed by atoms with Crippen LogP contribution in [0.5, 0.6) is 0 Å². The second kappa shape index (κ2) is 62.5. The van der Waals surface area contributed by atoms with Gasteiger partial charge in [-0.15, -0.1) is 0 Å². The molecule has 0 N–H and O–H groups in total. The van der Waals surface area contributed by atoms with Gasteiger partial charge in [0, 0.05) is 6.92 Å². The third kappa shape index (κ3) is 63.5. The number of carbonyl (C=O) groups is 1. The highest BCUT2D eigenvalue weighted by atomic mass is 16.5. The van der Waals surface area contributed by atoms with Gasteiger partial charge >= 0.3 is 5.97 Å². The van der Waals surface area contributed by atoms with Crippen LogP contribution in [0.25, 0.3) is 0 Å². The molecular formula is C64H128O2. The fraction of sp³-hybridized carbons (Fsp3) is 0.984.